The van der Waals surface area contributed by atoms with Crippen molar-refractivity contribution in [1.29, 1.82) is 0 Å². The summed E-state index contributed by atoms with van der Waals surface area (Å²) < 4.78 is 5.55. The molecule has 2 saturated heterocycles. The van der Waals surface area contributed by atoms with Crippen molar-refractivity contribution in [2.45, 2.75) is 51.0 Å². The fourth-order valence-electron chi connectivity index (χ4n) is 3.19. The molecule has 0 spiro atoms. The molecule has 2 aliphatic heterocycles. The minimum absolute atomic E-state index is 0.0558. The van der Waals surface area contributed by atoms with Gasteiger partial charge in [0.15, 0.2) is 0 Å². The third-order valence-corrected chi connectivity index (χ3v) is 4.13. The molecule has 0 aromatic carbocycles. The molecule has 3 rings (SSSR count). The molecule has 2 aliphatic rings. The Hall–Kier alpha value is -1.10. The highest BCUT2D eigenvalue weighted by atomic mass is 16.5. The van der Waals surface area contributed by atoms with Crippen LogP contribution in [0, 0.1) is 0 Å². The van der Waals surface area contributed by atoms with Crippen LogP contribution < -0.4 is 10.2 Å². The van der Waals surface area contributed by atoms with Gasteiger partial charge in [-0.2, -0.15) is 4.98 Å². The van der Waals surface area contributed by atoms with Crippen molar-refractivity contribution in [3.05, 3.63) is 5.89 Å². The Morgan fingerprint density at radius 2 is 2.17 bits per heavy atom. The number of anilines is 1. The van der Waals surface area contributed by atoms with E-state index in [0.29, 0.717) is 0 Å². The van der Waals surface area contributed by atoms with Crippen molar-refractivity contribution in [3.8, 4) is 0 Å². The molecule has 0 radical (unpaired) electrons. The lowest BCUT2D eigenvalue weighted by Gasteiger charge is -2.24. The van der Waals surface area contributed by atoms with Crippen LogP contribution in [0.4, 0.5) is 5.95 Å². The van der Waals surface area contributed by atoms with Crippen molar-refractivity contribution in [2.75, 3.05) is 24.5 Å². The zero-order valence-electron chi connectivity index (χ0n) is 11.1. The van der Waals surface area contributed by atoms with Crippen molar-refractivity contribution in [1.82, 2.24) is 15.5 Å². The first-order valence-corrected chi connectivity index (χ1v) is 7.18. The summed E-state index contributed by atoms with van der Waals surface area (Å²) in [6, 6.07) is 0. The minimum Gasteiger partial charge on any atom is -0.338 e. The summed E-state index contributed by atoms with van der Waals surface area (Å²) in [6.45, 7) is 5.39. The van der Waals surface area contributed by atoms with Crippen LogP contribution in [0.2, 0.25) is 0 Å². The summed E-state index contributed by atoms with van der Waals surface area (Å²) in [7, 11) is 0. The predicted octanol–water partition coefficient (Wildman–Crippen LogP) is 2.05. The van der Waals surface area contributed by atoms with Crippen LogP contribution in [0.1, 0.15) is 51.3 Å². The van der Waals surface area contributed by atoms with Gasteiger partial charge in [0.25, 0.3) is 5.95 Å². The molecule has 1 aromatic rings. The lowest BCUT2D eigenvalue weighted by atomic mass is 9.92. The molecule has 18 heavy (non-hydrogen) atoms. The summed E-state index contributed by atoms with van der Waals surface area (Å²) in [5, 5.41) is 7.75. The molecule has 0 bridgehead atoms. The van der Waals surface area contributed by atoms with Gasteiger partial charge in [-0.1, -0.05) is 13.3 Å². The van der Waals surface area contributed by atoms with Gasteiger partial charge in [0.2, 0.25) is 5.89 Å². The maximum atomic E-state index is 5.55. The van der Waals surface area contributed by atoms with Gasteiger partial charge in [-0.3, -0.25) is 0 Å². The molecule has 3 heterocycles. The molecule has 1 N–H and O–H groups in total. The van der Waals surface area contributed by atoms with Crippen LogP contribution in [0.3, 0.4) is 0 Å². The Labute approximate surface area is 108 Å². The smallest absolute Gasteiger partial charge is 0.266 e. The molecule has 0 amide bonds. The zero-order chi connectivity index (χ0) is 12.4. The number of hydrogen-bond acceptors (Lipinski definition) is 5. The quantitative estimate of drug-likeness (QED) is 0.886. The Morgan fingerprint density at radius 3 is 2.83 bits per heavy atom. The molecular weight excluding hydrogens is 228 g/mol. The van der Waals surface area contributed by atoms with Gasteiger partial charge in [-0.05, 0) is 43.8 Å². The number of nitrogens with one attached hydrogen (secondary N) is 1. The first-order chi connectivity index (χ1) is 8.84. The Kier molecular flexibility index (Phi) is 3.24. The van der Waals surface area contributed by atoms with Gasteiger partial charge in [0.1, 0.15) is 0 Å². The zero-order valence-corrected chi connectivity index (χ0v) is 11.1. The molecule has 0 aliphatic carbocycles. The molecule has 1 unspecified atom stereocenters. The highest BCUT2D eigenvalue weighted by molar-refractivity contribution is 5.30. The maximum Gasteiger partial charge on any atom is 0.266 e. The average molecular weight is 250 g/mol. The second-order valence-electron chi connectivity index (χ2n) is 5.46. The molecule has 5 heteroatoms. The van der Waals surface area contributed by atoms with E-state index in [4.69, 9.17) is 4.52 Å². The first kappa shape index (κ1) is 12.0. The molecule has 100 valence electrons. The number of rotatable bonds is 4. The van der Waals surface area contributed by atoms with Crippen molar-refractivity contribution in [3.63, 3.8) is 0 Å². The second-order valence-corrected chi connectivity index (χ2v) is 5.46. The fourth-order valence-corrected chi connectivity index (χ4v) is 3.19. The van der Waals surface area contributed by atoms with E-state index in [1.165, 1.54) is 19.3 Å². The highest BCUT2D eigenvalue weighted by Gasteiger charge is 2.40. The van der Waals surface area contributed by atoms with Crippen molar-refractivity contribution in [2.24, 2.45) is 0 Å². The molecular formula is C13H22N4O. The third kappa shape index (κ3) is 2.00. The summed E-state index contributed by atoms with van der Waals surface area (Å²) in [6.07, 6.45) is 7.00. The van der Waals surface area contributed by atoms with Gasteiger partial charge in [0, 0.05) is 13.1 Å². The van der Waals surface area contributed by atoms with E-state index >= 15 is 0 Å². The van der Waals surface area contributed by atoms with Crippen molar-refractivity contribution >= 4 is 5.95 Å². The standard InChI is InChI=1S/C13H22N4O/c1-2-6-13(7-5-8-14-13)11-15-12(16-18-11)17-9-3-4-10-17/h14H,2-10H2,1H3. The average Bonchev–Trinajstić information content (AvgIpc) is 3.11. The normalized spacial score (nSPS) is 28.2. The van der Waals surface area contributed by atoms with Gasteiger partial charge in [0.05, 0.1) is 5.54 Å². The fraction of sp³-hybridized carbons (Fsp3) is 0.846. The van der Waals surface area contributed by atoms with Crippen LogP contribution in [-0.2, 0) is 5.54 Å². The highest BCUT2D eigenvalue weighted by Crippen LogP contribution is 2.35. The van der Waals surface area contributed by atoms with E-state index in [1.54, 1.807) is 0 Å². The molecule has 2 fully saturated rings. The molecule has 1 aromatic heterocycles. The van der Waals surface area contributed by atoms with Crippen LogP contribution >= 0.6 is 0 Å². The number of aromatic nitrogens is 2. The van der Waals surface area contributed by atoms with Gasteiger partial charge in [-0.15, -0.1) is 0 Å². The number of hydrogen-bond donors (Lipinski definition) is 1. The molecule has 0 saturated carbocycles. The van der Waals surface area contributed by atoms with Crippen LogP contribution in [0.25, 0.3) is 0 Å². The summed E-state index contributed by atoms with van der Waals surface area (Å²) in [5.74, 6) is 1.58. The SMILES string of the molecule is CCCC1(c2nc(N3CCCC3)no2)CCCN1. The van der Waals surface area contributed by atoms with E-state index in [9.17, 15) is 0 Å². The van der Waals surface area contributed by atoms with E-state index in [1.807, 2.05) is 0 Å². The van der Waals surface area contributed by atoms with Gasteiger partial charge < -0.3 is 14.7 Å². The van der Waals surface area contributed by atoms with Crippen LogP contribution in [0.15, 0.2) is 4.52 Å². The van der Waals surface area contributed by atoms with Crippen molar-refractivity contribution < 1.29 is 4.52 Å². The first-order valence-electron chi connectivity index (χ1n) is 7.18. The van der Waals surface area contributed by atoms with Gasteiger partial charge in [-0.25, -0.2) is 0 Å². The largest absolute Gasteiger partial charge is 0.338 e. The van der Waals surface area contributed by atoms with Crippen LogP contribution in [-0.4, -0.2) is 29.8 Å². The maximum absolute atomic E-state index is 5.55. The Bertz CT molecular complexity index is 391. The molecule has 1 atom stereocenters. The summed E-state index contributed by atoms with van der Waals surface area (Å²) in [4.78, 5) is 6.87. The summed E-state index contributed by atoms with van der Waals surface area (Å²) in [5.41, 5.74) is -0.0558. The van der Waals surface area contributed by atoms with E-state index in [0.717, 1.165) is 50.7 Å². The van der Waals surface area contributed by atoms with Gasteiger partial charge >= 0.3 is 0 Å². The van der Waals surface area contributed by atoms with E-state index in [-0.39, 0.29) is 5.54 Å². The Morgan fingerprint density at radius 1 is 1.33 bits per heavy atom. The van der Waals surface area contributed by atoms with E-state index < -0.39 is 0 Å². The second kappa shape index (κ2) is 4.88. The topological polar surface area (TPSA) is 54.2 Å². The number of nitrogens with zero attached hydrogens (tertiary/aromatic N) is 3. The lowest BCUT2D eigenvalue weighted by Crippen LogP contribution is -2.37. The monoisotopic (exact) mass is 250 g/mol. The predicted molar refractivity (Wildman–Crippen MR) is 69.6 cm³/mol. The summed E-state index contributed by atoms with van der Waals surface area (Å²) >= 11 is 0. The van der Waals surface area contributed by atoms with E-state index in [2.05, 4.69) is 27.3 Å². The lowest BCUT2D eigenvalue weighted by molar-refractivity contribution is 0.241. The minimum atomic E-state index is -0.0558. The van der Waals surface area contributed by atoms with Crippen LogP contribution in [0.5, 0.6) is 0 Å². The Balaban J connectivity index is 1.82. The molecule has 5 nitrogen and oxygen atoms in total. The third-order valence-electron chi connectivity index (χ3n) is 4.13.